The number of aromatic nitrogens is 4. The van der Waals surface area contributed by atoms with Gasteiger partial charge in [0.15, 0.2) is 11.6 Å². The van der Waals surface area contributed by atoms with Gasteiger partial charge in [-0.25, -0.2) is 23.4 Å². The van der Waals surface area contributed by atoms with Crippen LogP contribution < -0.4 is 9.64 Å². The molecule has 2 aliphatic rings. The van der Waals surface area contributed by atoms with Gasteiger partial charge in [0, 0.05) is 37.7 Å². The van der Waals surface area contributed by atoms with E-state index < -0.39 is 36.1 Å². The highest BCUT2D eigenvalue weighted by Gasteiger charge is 2.37. The van der Waals surface area contributed by atoms with Gasteiger partial charge in [0.05, 0.1) is 16.4 Å². The van der Waals surface area contributed by atoms with Crippen molar-refractivity contribution in [1.82, 2.24) is 24.6 Å². The van der Waals surface area contributed by atoms with Crippen molar-refractivity contribution >= 4 is 23.1 Å². The summed E-state index contributed by atoms with van der Waals surface area (Å²) in [5.74, 6) is -0.945. The highest BCUT2D eigenvalue weighted by molar-refractivity contribution is 7.19. The van der Waals surface area contributed by atoms with Gasteiger partial charge in [0.1, 0.15) is 35.1 Å². The van der Waals surface area contributed by atoms with Gasteiger partial charge >= 0.3 is 6.43 Å². The van der Waals surface area contributed by atoms with Crippen molar-refractivity contribution in [3.8, 4) is 32.7 Å². The van der Waals surface area contributed by atoms with Gasteiger partial charge in [-0.15, -0.1) is 11.3 Å². The van der Waals surface area contributed by atoms with E-state index in [0.29, 0.717) is 49.2 Å². The molecule has 40 heavy (non-hydrogen) atoms. The van der Waals surface area contributed by atoms with Crippen LogP contribution in [0.1, 0.15) is 19.4 Å². The summed E-state index contributed by atoms with van der Waals surface area (Å²) in [7, 11) is 0. The molecule has 2 atom stereocenters. The van der Waals surface area contributed by atoms with Gasteiger partial charge in [-0.1, -0.05) is 0 Å². The van der Waals surface area contributed by atoms with Crippen LogP contribution >= 0.6 is 11.3 Å². The molecule has 0 spiro atoms. The molecule has 208 valence electrons. The van der Waals surface area contributed by atoms with Gasteiger partial charge in [0.25, 0.3) is 5.91 Å². The van der Waals surface area contributed by atoms with Gasteiger partial charge in [-0.2, -0.15) is 13.9 Å². The lowest BCUT2D eigenvalue weighted by Crippen LogP contribution is -2.60. The second-order valence-corrected chi connectivity index (χ2v) is 10.9. The first-order valence-corrected chi connectivity index (χ1v) is 13.5. The van der Waals surface area contributed by atoms with Crippen LogP contribution in [0.4, 0.5) is 23.4 Å². The maximum Gasteiger partial charge on any atom is 0.315 e. The summed E-state index contributed by atoms with van der Waals surface area (Å²) in [6.45, 7) is 4.63. The lowest BCUT2D eigenvalue weighted by Gasteiger charge is -2.44. The molecular formula is C27H24F4N6O2S. The predicted octanol–water partition coefficient (Wildman–Crippen LogP) is 4.96. The standard InChI is InChI=1S/C27H24F4N6O2S/c1-14-11-35(12-15(2)36(14)27(38)25(30)31)22-6-5-20-23(34-22)24-16(7-8-39-20)9-21(40-24)26-32-13-33-37(26)19-4-3-17(28)10-18(19)29/h3-6,9-10,13-15,25H,7-8,11-12H2,1-2H3. The topological polar surface area (TPSA) is 76.4 Å². The van der Waals surface area contributed by atoms with Crippen LogP contribution in [0.5, 0.6) is 5.75 Å². The quantitative estimate of drug-likeness (QED) is 0.322. The molecule has 0 N–H and O–H groups in total. The Labute approximate surface area is 230 Å². The normalized spacial score (nSPS) is 18.8. The summed E-state index contributed by atoms with van der Waals surface area (Å²) in [5.41, 5.74) is 1.69. The summed E-state index contributed by atoms with van der Waals surface area (Å²) >= 11 is 1.41. The average molecular weight is 573 g/mol. The molecule has 5 heterocycles. The van der Waals surface area contributed by atoms with Crippen LogP contribution in [0.15, 0.2) is 42.7 Å². The first-order valence-electron chi connectivity index (χ1n) is 12.7. The highest BCUT2D eigenvalue weighted by Crippen LogP contribution is 2.43. The Morgan fingerprint density at radius 3 is 2.60 bits per heavy atom. The Balaban J connectivity index is 1.35. The number of pyridine rings is 1. The van der Waals surface area contributed by atoms with Crippen molar-refractivity contribution in [1.29, 1.82) is 0 Å². The number of piperazine rings is 1. The van der Waals surface area contributed by atoms with Crippen LogP contribution in [0.2, 0.25) is 0 Å². The number of fused-ring (bicyclic) bond motifs is 3. The largest absolute Gasteiger partial charge is 0.491 e. The van der Waals surface area contributed by atoms with Crippen molar-refractivity contribution in [2.75, 3.05) is 24.6 Å². The van der Waals surface area contributed by atoms with E-state index in [9.17, 15) is 22.4 Å². The second-order valence-electron chi connectivity index (χ2n) is 9.82. The lowest BCUT2D eigenvalue weighted by atomic mass is 10.1. The minimum absolute atomic E-state index is 0.0781. The fourth-order valence-corrected chi connectivity index (χ4v) is 6.57. The Hall–Kier alpha value is -4.00. The van der Waals surface area contributed by atoms with Crippen LogP contribution in [-0.4, -0.2) is 68.8 Å². The number of carbonyl (C=O) groups excluding carboxylic acids is 1. The number of rotatable bonds is 4. The smallest absolute Gasteiger partial charge is 0.315 e. The molecule has 0 saturated carbocycles. The third-order valence-electron chi connectivity index (χ3n) is 7.09. The predicted molar refractivity (Wildman–Crippen MR) is 141 cm³/mol. The maximum atomic E-state index is 14.6. The van der Waals surface area contributed by atoms with E-state index in [4.69, 9.17) is 9.72 Å². The van der Waals surface area contributed by atoms with E-state index in [1.807, 2.05) is 23.1 Å². The first kappa shape index (κ1) is 26.2. The Kier molecular flexibility index (Phi) is 6.69. The molecule has 2 unspecified atom stereocenters. The monoisotopic (exact) mass is 572 g/mol. The Morgan fingerprint density at radius 1 is 1.10 bits per heavy atom. The molecule has 1 saturated heterocycles. The average Bonchev–Trinajstić information content (AvgIpc) is 3.52. The number of carbonyl (C=O) groups is 1. The number of ether oxygens (including phenoxy) is 1. The van der Waals surface area contributed by atoms with Crippen molar-refractivity contribution in [2.24, 2.45) is 0 Å². The number of anilines is 1. The van der Waals surface area contributed by atoms with Gasteiger partial charge in [-0.05, 0) is 49.7 Å². The molecule has 1 amide bonds. The van der Waals surface area contributed by atoms with Crippen molar-refractivity contribution in [3.63, 3.8) is 0 Å². The Morgan fingerprint density at radius 2 is 1.88 bits per heavy atom. The summed E-state index contributed by atoms with van der Waals surface area (Å²) in [6.07, 6.45) is -1.12. The third kappa shape index (κ3) is 4.57. The maximum absolute atomic E-state index is 14.6. The number of benzene rings is 1. The van der Waals surface area contributed by atoms with E-state index in [1.165, 1.54) is 33.3 Å². The zero-order valence-corrected chi connectivity index (χ0v) is 22.3. The number of thiophene rings is 1. The summed E-state index contributed by atoms with van der Waals surface area (Å²) in [4.78, 5) is 26.2. The molecule has 1 aromatic carbocycles. The summed E-state index contributed by atoms with van der Waals surface area (Å²) < 4.78 is 61.6. The fourth-order valence-electron chi connectivity index (χ4n) is 5.38. The highest BCUT2D eigenvalue weighted by atomic mass is 32.1. The molecule has 8 nitrogen and oxygen atoms in total. The van der Waals surface area contributed by atoms with Gasteiger partial charge < -0.3 is 14.5 Å². The number of hydrogen-bond donors (Lipinski definition) is 0. The van der Waals surface area contributed by atoms with Crippen LogP contribution in [-0.2, 0) is 11.2 Å². The van der Waals surface area contributed by atoms with E-state index >= 15 is 0 Å². The summed E-state index contributed by atoms with van der Waals surface area (Å²) in [5, 5.41) is 4.17. The van der Waals surface area contributed by atoms with Gasteiger partial charge in [0.2, 0.25) is 0 Å². The SMILES string of the molecule is CC1CN(c2ccc3c(n2)-c2sc(-c4ncnn4-c4ccc(F)cc4F)cc2CCO3)CC(C)N1C(=O)C(F)F. The van der Waals surface area contributed by atoms with Crippen LogP contribution in [0.25, 0.3) is 27.0 Å². The van der Waals surface area contributed by atoms with Gasteiger partial charge in [-0.3, -0.25) is 4.79 Å². The van der Waals surface area contributed by atoms with E-state index in [2.05, 4.69) is 10.1 Å². The van der Waals surface area contributed by atoms with Crippen LogP contribution in [0.3, 0.4) is 0 Å². The molecule has 0 aliphatic carbocycles. The molecule has 13 heteroatoms. The minimum atomic E-state index is -3.05. The number of hydrogen-bond acceptors (Lipinski definition) is 7. The Bertz CT molecular complexity index is 1580. The number of amides is 1. The molecule has 3 aromatic heterocycles. The zero-order chi connectivity index (χ0) is 28.1. The molecule has 0 radical (unpaired) electrons. The molecule has 6 rings (SSSR count). The molecular weight excluding hydrogens is 548 g/mol. The summed E-state index contributed by atoms with van der Waals surface area (Å²) in [6, 6.07) is 8.05. The van der Waals surface area contributed by atoms with Crippen molar-refractivity contribution in [2.45, 2.75) is 38.8 Å². The number of alkyl halides is 2. The first-order chi connectivity index (χ1) is 19.2. The molecule has 2 aliphatic heterocycles. The van der Waals surface area contributed by atoms with Crippen molar-refractivity contribution < 1.29 is 27.1 Å². The lowest BCUT2D eigenvalue weighted by molar-refractivity contribution is -0.148. The van der Waals surface area contributed by atoms with E-state index in [1.54, 1.807) is 13.8 Å². The number of nitrogens with zero attached hydrogens (tertiary/aromatic N) is 6. The van der Waals surface area contributed by atoms with E-state index in [0.717, 1.165) is 27.5 Å². The van der Waals surface area contributed by atoms with Crippen LogP contribution in [0, 0.1) is 11.6 Å². The zero-order valence-electron chi connectivity index (χ0n) is 21.5. The second kappa shape index (κ2) is 10.2. The third-order valence-corrected chi connectivity index (χ3v) is 8.27. The minimum Gasteiger partial charge on any atom is -0.491 e. The molecule has 1 fully saturated rings. The molecule has 0 bridgehead atoms. The molecule has 4 aromatic rings. The number of halogens is 4. The fraction of sp³-hybridized carbons (Fsp3) is 0.333. The van der Waals surface area contributed by atoms with Crippen molar-refractivity contribution in [3.05, 3.63) is 59.9 Å². The van der Waals surface area contributed by atoms with E-state index in [-0.39, 0.29) is 5.69 Å².